The average Bonchev–Trinajstić information content (AvgIpc) is 3.23. The van der Waals surface area contributed by atoms with Crippen molar-refractivity contribution in [2.45, 2.75) is 6.04 Å². The molecule has 0 radical (unpaired) electrons. The van der Waals surface area contributed by atoms with Gasteiger partial charge in [0.25, 0.3) is 0 Å². The van der Waals surface area contributed by atoms with E-state index < -0.39 is 7.60 Å². The fourth-order valence-corrected chi connectivity index (χ4v) is 5.85. The number of thioether (sulfide) groups is 1. The molecule has 0 N–H and O–H groups in total. The highest BCUT2D eigenvalue weighted by atomic mass is 35.5. The Hall–Kier alpha value is -2.02. The minimum Gasteiger partial charge on any atom is -0.497 e. The van der Waals surface area contributed by atoms with Crippen LogP contribution in [0.15, 0.2) is 76.5 Å². The number of ether oxygens (including phenoxy) is 1. The van der Waals surface area contributed by atoms with Crippen molar-refractivity contribution in [3.05, 3.63) is 82.6 Å². The molecule has 1 unspecified atom stereocenters. The molecule has 9 heteroatoms. The number of hydrogen-bond acceptors (Lipinski definition) is 7. The summed E-state index contributed by atoms with van der Waals surface area (Å²) in [5, 5.41) is 2.53. The second-order valence-corrected chi connectivity index (χ2v) is 9.38. The summed E-state index contributed by atoms with van der Waals surface area (Å²) in [5.41, 5.74) is 3.38. The minimum absolute atomic E-state index is 0. The number of aliphatic imine (C=N–C) groups is 1. The van der Waals surface area contributed by atoms with Crippen molar-refractivity contribution in [1.29, 1.82) is 0 Å². The minimum atomic E-state index is -3.45. The van der Waals surface area contributed by atoms with Crippen LogP contribution in [0.3, 0.4) is 0 Å². The highest BCUT2D eigenvalue weighted by Crippen LogP contribution is 2.61. The quantitative estimate of drug-likeness (QED) is 0.496. The maximum absolute atomic E-state index is 13.2. The van der Waals surface area contributed by atoms with E-state index in [2.05, 4.69) is 6.08 Å². The van der Waals surface area contributed by atoms with Crippen LogP contribution in [0, 0.1) is 0 Å². The molecule has 0 amide bonds. The molecule has 2 aromatic carbocycles. The van der Waals surface area contributed by atoms with E-state index in [9.17, 15) is 4.57 Å². The van der Waals surface area contributed by atoms with Crippen LogP contribution in [-0.2, 0) is 13.6 Å². The van der Waals surface area contributed by atoms with Crippen LogP contribution in [0.25, 0.3) is 5.70 Å². The van der Waals surface area contributed by atoms with Crippen molar-refractivity contribution in [3.63, 3.8) is 0 Å². The molecule has 0 saturated heterocycles. The molecule has 6 nitrogen and oxygen atoms in total. The molecule has 2 aliphatic heterocycles. The Morgan fingerprint density at radius 3 is 2.27 bits per heavy atom. The van der Waals surface area contributed by atoms with E-state index in [4.69, 9.17) is 18.8 Å². The van der Waals surface area contributed by atoms with Gasteiger partial charge in [-0.25, -0.2) is 4.99 Å². The monoisotopic (exact) mass is 464 g/mol. The van der Waals surface area contributed by atoms with Gasteiger partial charge in [-0.2, -0.15) is 0 Å². The Labute approximate surface area is 186 Å². The first-order valence-corrected chi connectivity index (χ1v) is 11.4. The number of hydrogen-bond donors (Lipinski definition) is 0. The maximum atomic E-state index is 13.2. The molecular formula is C21H22ClN2O4PS. The molecule has 0 aromatic heterocycles. The van der Waals surface area contributed by atoms with Crippen molar-refractivity contribution in [1.82, 2.24) is 4.90 Å². The maximum Gasteiger partial charge on any atom is 0.377 e. The topological polar surface area (TPSA) is 60.4 Å². The molecule has 0 spiro atoms. The Morgan fingerprint density at radius 2 is 1.67 bits per heavy atom. The lowest BCUT2D eigenvalue weighted by Crippen LogP contribution is -2.31. The third kappa shape index (κ3) is 4.09. The van der Waals surface area contributed by atoms with E-state index in [-0.39, 0.29) is 18.4 Å². The number of rotatable bonds is 6. The lowest BCUT2D eigenvalue weighted by Gasteiger charge is -2.34. The summed E-state index contributed by atoms with van der Waals surface area (Å²) in [6.07, 6.45) is 2.07. The van der Waals surface area contributed by atoms with Crippen molar-refractivity contribution in [2.75, 3.05) is 21.3 Å². The van der Waals surface area contributed by atoms with Crippen LogP contribution in [0.4, 0.5) is 0 Å². The van der Waals surface area contributed by atoms with Crippen LogP contribution in [-0.4, -0.2) is 31.4 Å². The van der Waals surface area contributed by atoms with Gasteiger partial charge in [-0.15, -0.1) is 12.4 Å². The SMILES string of the molecule is COc1ccc(C2C=C(c3ccccc3)N=C3SC=C(P(=O)(OC)OC)N32)cc1.Cl. The first kappa shape index (κ1) is 22.7. The van der Waals surface area contributed by atoms with Gasteiger partial charge in [-0.1, -0.05) is 54.2 Å². The molecule has 2 aromatic rings. The van der Waals surface area contributed by atoms with E-state index in [1.807, 2.05) is 59.5 Å². The van der Waals surface area contributed by atoms with Crippen molar-refractivity contribution in [3.8, 4) is 5.75 Å². The Morgan fingerprint density at radius 1 is 1.00 bits per heavy atom. The Bertz CT molecular complexity index is 1030. The Kier molecular flexibility index (Phi) is 7.11. The standard InChI is InChI=1S/C21H21N2O4PS.ClH/c1-25-17-11-9-16(10-12-17)19-13-18(15-7-5-4-6-8-15)22-21-23(19)20(14-29-21)28(24,26-2)27-3;/h4-14,19H,1-3H3;1H. The predicted molar refractivity (Wildman–Crippen MR) is 124 cm³/mol. The lowest BCUT2D eigenvalue weighted by molar-refractivity contribution is 0.272. The van der Waals surface area contributed by atoms with E-state index in [0.717, 1.165) is 27.7 Å². The van der Waals surface area contributed by atoms with E-state index >= 15 is 0 Å². The molecule has 30 heavy (non-hydrogen) atoms. The predicted octanol–water partition coefficient (Wildman–Crippen LogP) is 5.90. The van der Waals surface area contributed by atoms with Gasteiger partial charge in [0.05, 0.1) is 18.8 Å². The highest BCUT2D eigenvalue weighted by molar-refractivity contribution is 8.16. The smallest absolute Gasteiger partial charge is 0.377 e. The zero-order valence-corrected chi connectivity index (χ0v) is 19.2. The zero-order chi connectivity index (χ0) is 20.4. The number of amidine groups is 1. The summed E-state index contributed by atoms with van der Waals surface area (Å²) in [4.78, 5) is 6.74. The number of benzene rings is 2. The van der Waals surface area contributed by atoms with Crippen molar-refractivity contribution >= 4 is 42.6 Å². The van der Waals surface area contributed by atoms with Gasteiger partial charge in [0.1, 0.15) is 11.2 Å². The first-order valence-electron chi connectivity index (χ1n) is 8.97. The van der Waals surface area contributed by atoms with Gasteiger partial charge in [0.2, 0.25) is 0 Å². The average molecular weight is 465 g/mol. The first-order chi connectivity index (χ1) is 14.1. The van der Waals surface area contributed by atoms with Crippen LogP contribution in [0.1, 0.15) is 17.2 Å². The number of fused-ring (bicyclic) bond motifs is 1. The summed E-state index contributed by atoms with van der Waals surface area (Å²) in [6, 6.07) is 17.6. The number of methoxy groups -OCH3 is 1. The van der Waals surface area contributed by atoms with Crippen LogP contribution in [0.2, 0.25) is 0 Å². The second kappa shape index (κ2) is 9.41. The molecule has 0 bridgehead atoms. The molecule has 2 aliphatic rings. The molecule has 2 heterocycles. The highest BCUT2D eigenvalue weighted by Gasteiger charge is 2.43. The normalized spacial score (nSPS) is 18.0. The summed E-state index contributed by atoms with van der Waals surface area (Å²) in [7, 11) is 0.969. The van der Waals surface area contributed by atoms with Crippen LogP contribution >= 0.6 is 31.8 Å². The fraction of sp³-hybridized carbons (Fsp3) is 0.190. The number of nitrogens with zero attached hydrogens (tertiary/aromatic N) is 2. The number of halogens is 1. The summed E-state index contributed by atoms with van der Waals surface area (Å²) in [6.45, 7) is 0. The largest absolute Gasteiger partial charge is 0.497 e. The molecule has 0 saturated carbocycles. The van der Waals surface area contributed by atoms with E-state index in [0.29, 0.717) is 5.44 Å². The van der Waals surface area contributed by atoms with Gasteiger partial charge < -0.3 is 18.7 Å². The van der Waals surface area contributed by atoms with E-state index in [1.54, 1.807) is 12.5 Å². The summed E-state index contributed by atoms with van der Waals surface area (Å²) in [5.74, 6) is 0.775. The zero-order valence-electron chi connectivity index (χ0n) is 16.7. The van der Waals surface area contributed by atoms with Crippen molar-refractivity contribution < 1.29 is 18.3 Å². The molecule has 0 aliphatic carbocycles. The van der Waals surface area contributed by atoms with Gasteiger partial charge >= 0.3 is 7.60 Å². The van der Waals surface area contributed by atoms with Crippen molar-refractivity contribution in [2.24, 2.45) is 4.99 Å². The summed E-state index contributed by atoms with van der Waals surface area (Å²) < 4.78 is 29.0. The van der Waals surface area contributed by atoms with Gasteiger partial charge in [-0.05, 0) is 29.3 Å². The third-order valence-electron chi connectivity index (χ3n) is 4.82. The van der Waals surface area contributed by atoms with Gasteiger partial charge in [0, 0.05) is 19.6 Å². The summed E-state index contributed by atoms with van der Waals surface area (Å²) >= 11 is 1.41. The molecule has 4 rings (SSSR count). The van der Waals surface area contributed by atoms with Gasteiger partial charge in [-0.3, -0.25) is 4.57 Å². The second-order valence-electron chi connectivity index (χ2n) is 6.36. The molecule has 158 valence electrons. The van der Waals surface area contributed by atoms with E-state index in [1.165, 1.54) is 26.0 Å². The molecule has 0 fully saturated rings. The third-order valence-corrected chi connectivity index (χ3v) is 7.70. The lowest BCUT2D eigenvalue weighted by atomic mass is 10.0. The van der Waals surface area contributed by atoms with Crippen LogP contribution in [0.5, 0.6) is 5.75 Å². The van der Waals surface area contributed by atoms with Crippen LogP contribution < -0.4 is 4.74 Å². The Balaban J connectivity index is 0.00000256. The molecular weight excluding hydrogens is 443 g/mol. The fourth-order valence-electron chi connectivity index (χ4n) is 3.30. The molecule has 1 atom stereocenters. The van der Waals surface area contributed by atoms with Gasteiger partial charge in [0.15, 0.2) is 5.17 Å².